The van der Waals surface area contributed by atoms with E-state index in [2.05, 4.69) is 29.4 Å². The first-order chi connectivity index (χ1) is 13.9. The lowest BCUT2D eigenvalue weighted by atomic mass is 10.2. The predicted molar refractivity (Wildman–Crippen MR) is 115 cm³/mol. The molecule has 3 rings (SSSR count). The van der Waals surface area contributed by atoms with Gasteiger partial charge in [0.15, 0.2) is 0 Å². The number of ether oxygens (including phenoxy) is 1. The number of nitrogens with zero attached hydrogens (tertiary/aromatic N) is 4. The van der Waals surface area contributed by atoms with Gasteiger partial charge in [0.1, 0.15) is 10.6 Å². The van der Waals surface area contributed by atoms with Gasteiger partial charge in [0.25, 0.3) is 0 Å². The van der Waals surface area contributed by atoms with Crippen molar-refractivity contribution in [2.45, 2.75) is 87.9 Å². The molecule has 1 atom stereocenters. The summed E-state index contributed by atoms with van der Waals surface area (Å²) in [5, 5.41) is 10.0. The van der Waals surface area contributed by atoms with Gasteiger partial charge in [0.2, 0.25) is 0 Å². The maximum absolute atomic E-state index is 12.6. The van der Waals surface area contributed by atoms with E-state index in [-0.39, 0.29) is 12.1 Å². The summed E-state index contributed by atoms with van der Waals surface area (Å²) in [6.45, 7) is 9.28. The normalized spacial score (nSPS) is 17.0. The van der Waals surface area contributed by atoms with E-state index in [1.54, 1.807) is 11.8 Å². The van der Waals surface area contributed by atoms with Crippen LogP contribution < -0.4 is 0 Å². The monoisotopic (exact) mass is 416 g/mol. The van der Waals surface area contributed by atoms with Crippen LogP contribution in [0.4, 0.5) is 4.79 Å². The van der Waals surface area contributed by atoms with Crippen LogP contribution in [0.15, 0.2) is 40.3 Å². The number of benzene rings is 1. The van der Waals surface area contributed by atoms with Crippen LogP contribution in [-0.4, -0.2) is 44.2 Å². The predicted octanol–water partition coefficient (Wildman–Crippen LogP) is 5.17. The Kier molecular flexibility index (Phi) is 7.22. The van der Waals surface area contributed by atoms with Gasteiger partial charge >= 0.3 is 6.09 Å². The summed E-state index contributed by atoms with van der Waals surface area (Å²) in [7, 11) is 0. The molecule has 2 heterocycles. The number of rotatable bonds is 7. The molecule has 0 radical (unpaired) electrons. The Morgan fingerprint density at radius 1 is 1.28 bits per heavy atom. The first-order valence-electron chi connectivity index (χ1n) is 10.5. The molecular weight excluding hydrogens is 384 g/mol. The van der Waals surface area contributed by atoms with E-state index in [0.29, 0.717) is 6.54 Å². The number of hydrogen-bond acceptors (Lipinski definition) is 5. The standard InChI is InChI=1S/C22H32N4O2S/c1-5-6-14-19-20(29-18-12-8-7-9-13-18)26(24-23-19)16-17-11-10-15-25(17)21(27)28-22(2,3)4/h7-9,12-13,17H,5-6,10-11,14-16H2,1-4H3. The smallest absolute Gasteiger partial charge is 0.410 e. The van der Waals surface area contributed by atoms with E-state index in [0.717, 1.165) is 49.4 Å². The van der Waals surface area contributed by atoms with Crippen LogP contribution in [-0.2, 0) is 17.7 Å². The zero-order chi connectivity index (χ0) is 20.9. The fourth-order valence-electron chi connectivity index (χ4n) is 3.46. The second kappa shape index (κ2) is 9.65. The van der Waals surface area contributed by atoms with Gasteiger partial charge in [-0.1, -0.05) is 48.5 Å². The van der Waals surface area contributed by atoms with Gasteiger partial charge in [-0.15, -0.1) is 5.10 Å². The number of unbranched alkanes of at least 4 members (excludes halogenated alkanes) is 1. The lowest BCUT2D eigenvalue weighted by molar-refractivity contribution is 0.0209. The Balaban J connectivity index is 1.78. The molecular formula is C22H32N4O2S. The van der Waals surface area contributed by atoms with Crippen molar-refractivity contribution >= 4 is 17.9 Å². The minimum atomic E-state index is -0.487. The highest BCUT2D eigenvalue weighted by Crippen LogP contribution is 2.31. The minimum absolute atomic E-state index is 0.0840. The highest BCUT2D eigenvalue weighted by atomic mass is 32.2. The number of likely N-dealkylation sites (tertiary alicyclic amines) is 1. The fraction of sp³-hybridized carbons (Fsp3) is 0.591. The summed E-state index contributed by atoms with van der Waals surface area (Å²) in [6.07, 6.45) is 4.85. The maximum Gasteiger partial charge on any atom is 0.410 e. The van der Waals surface area contributed by atoms with Crippen molar-refractivity contribution in [2.24, 2.45) is 0 Å². The Morgan fingerprint density at radius 3 is 2.72 bits per heavy atom. The van der Waals surface area contributed by atoms with Gasteiger partial charge in [-0.25, -0.2) is 9.48 Å². The largest absolute Gasteiger partial charge is 0.444 e. The maximum atomic E-state index is 12.6. The third-order valence-corrected chi connectivity index (χ3v) is 6.02. The van der Waals surface area contributed by atoms with Crippen molar-refractivity contribution in [3.8, 4) is 0 Å². The molecule has 1 aromatic carbocycles. The summed E-state index contributed by atoms with van der Waals surface area (Å²) < 4.78 is 7.59. The Hall–Kier alpha value is -2.02. The van der Waals surface area contributed by atoms with Crippen LogP contribution in [0.5, 0.6) is 0 Å². The van der Waals surface area contributed by atoms with Gasteiger partial charge in [0, 0.05) is 11.4 Å². The number of carbonyl (C=O) groups excluding carboxylic acids is 1. The highest BCUT2D eigenvalue weighted by Gasteiger charge is 2.33. The zero-order valence-corrected chi connectivity index (χ0v) is 18.7. The molecule has 1 aliphatic heterocycles. The van der Waals surface area contributed by atoms with Gasteiger partial charge in [-0.2, -0.15) is 0 Å². The molecule has 0 N–H and O–H groups in total. The summed E-state index contributed by atoms with van der Waals surface area (Å²) in [4.78, 5) is 15.7. The zero-order valence-electron chi connectivity index (χ0n) is 17.9. The van der Waals surface area contributed by atoms with Crippen molar-refractivity contribution in [1.82, 2.24) is 19.9 Å². The molecule has 1 fully saturated rings. The highest BCUT2D eigenvalue weighted by molar-refractivity contribution is 7.99. The van der Waals surface area contributed by atoms with Gasteiger partial charge in [-0.05, 0) is 58.6 Å². The van der Waals surface area contributed by atoms with Crippen LogP contribution >= 0.6 is 11.8 Å². The summed E-state index contributed by atoms with van der Waals surface area (Å²) >= 11 is 1.70. The third kappa shape index (κ3) is 5.98. The molecule has 0 aliphatic carbocycles. The first kappa shape index (κ1) is 21.7. The van der Waals surface area contributed by atoms with Crippen molar-refractivity contribution in [3.63, 3.8) is 0 Å². The summed E-state index contributed by atoms with van der Waals surface area (Å²) in [6, 6.07) is 10.4. The summed E-state index contributed by atoms with van der Waals surface area (Å²) in [5.74, 6) is 0. The molecule has 7 heteroatoms. The summed E-state index contributed by atoms with van der Waals surface area (Å²) in [5.41, 5.74) is 0.557. The second-order valence-corrected chi connectivity index (χ2v) is 9.57. The molecule has 0 saturated carbocycles. The second-order valence-electron chi connectivity index (χ2n) is 8.51. The van der Waals surface area contributed by atoms with Crippen LogP contribution in [0.1, 0.15) is 59.1 Å². The average molecular weight is 417 g/mol. The molecule has 6 nitrogen and oxygen atoms in total. The van der Waals surface area contributed by atoms with Crippen LogP contribution in [0.3, 0.4) is 0 Å². The molecule has 158 valence electrons. The van der Waals surface area contributed by atoms with Crippen molar-refractivity contribution < 1.29 is 9.53 Å². The average Bonchev–Trinajstić information content (AvgIpc) is 3.28. The number of amides is 1. The molecule has 1 amide bonds. The molecule has 29 heavy (non-hydrogen) atoms. The fourth-order valence-corrected chi connectivity index (χ4v) is 4.45. The van der Waals surface area contributed by atoms with Crippen molar-refractivity contribution in [2.75, 3.05) is 6.54 Å². The Labute approximate surface area is 178 Å². The number of carbonyl (C=O) groups is 1. The van der Waals surface area contributed by atoms with E-state index >= 15 is 0 Å². The number of hydrogen-bond donors (Lipinski definition) is 0. The van der Waals surface area contributed by atoms with Gasteiger partial charge in [-0.3, -0.25) is 0 Å². The van der Waals surface area contributed by atoms with Crippen LogP contribution in [0.2, 0.25) is 0 Å². The number of aryl methyl sites for hydroxylation is 1. The minimum Gasteiger partial charge on any atom is -0.444 e. The van der Waals surface area contributed by atoms with E-state index in [1.165, 1.54) is 4.90 Å². The van der Waals surface area contributed by atoms with Crippen LogP contribution in [0.25, 0.3) is 0 Å². The SMILES string of the molecule is CCCCc1nnn(CC2CCCN2C(=O)OC(C)(C)C)c1Sc1ccccc1. The Bertz CT molecular complexity index is 801. The third-order valence-electron chi connectivity index (χ3n) is 4.87. The molecule has 0 bridgehead atoms. The van der Waals surface area contributed by atoms with E-state index in [1.807, 2.05) is 48.6 Å². The first-order valence-corrected chi connectivity index (χ1v) is 11.3. The molecule has 0 spiro atoms. The molecule has 1 unspecified atom stereocenters. The number of aromatic nitrogens is 3. The molecule has 2 aromatic rings. The topological polar surface area (TPSA) is 60.2 Å². The Morgan fingerprint density at radius 2 is 2.03 bits per heavy atom. The quantitative estimate of drug-likeness (QED) is 0.623. The molecule has 1 aromatic heterocycles. The molecule has 1 aliphatic rings. The van der Waals surface area contributed by atoms with Crippen molar-refractivity contribution in [1.29, 1.82) is 0 Å². The lowest BCUT2D eigenvalue weighted by Crippen LogP contribution is -2.41. The lowest BCUT2D eigenvalue weighted by Gasteiger charge is -2.28. The van der Waals surface area contributed by atoms with Crippen LogP contribution in [0, 0.1) is 0 Å². The van der Waals surface area contributed by atoms with E-state index < -0.39 is 5.60 Å². The van der Waals surface area contributed by atoms with E-state index in [4.69, 9.17) is 4.74 Å². The molecule has 1 saturated heterocycles. The van der Waals surface area contributed by atoms with Gasteiger partial charge < -0.3 is 9.64 Å². The van der Waals surface area contributed by atoms with Gasteiger partial charge in [0.05, 0.1) is 18.3 Å². The van der Waals surface area contributed by atoms with E-state index in [9.17, 15) is 4.79 Å². The van der Waals surface area contributed by atoms with Crippen molar-refractivity contribution in [3.05, 3.63) is 36.0 Å².